The highest BCUT2D eigenvalue weighted by Crippen LogP contribution is 2.13. The van der Waals surface area contributed by atoms with Crippen molar-refractivity contribution >= 4 is 17.5 Å². The van der Waals surface area contributed by atoms with Gasteiger partial charge in [0.1, 0.15) is 11.7 Å². The van der Waals surface area contributed by atoms with Crippen LogP contribution in [0.25, 0.3) is 0 Å². The zero-order valence-corrected chi connectivity index (χ0v) is 14.0. The van der Waals surface area contributed by atoms with Gasteiger partial charge in [-0.05, 0) is 37.1 Å². The van der Waals surface area contributed by atoms with Crippen LogP contribution in [0.1, 0.15) is 32.1 Å². The molecule has 0 amide bonds. The maximum absolute atomic E-state index is 13.1. The number of amidine groups is 1. The summed E-state index contributed by atoms with van der Waals surface area (Å²) in [6.45, 7) is 3.82. The van der Waals surface area contributed by atoms with E-state index in [1.54, 1.807) is 12.1 Å². The molecule has 1 aromatic rings. The van der Waals surface area contributed by atoms with Crippen LogP contribution in [0.3, 0.4) is 0 Å². The second-order valence-corrected chi connectivity index (χ2v) is 6.13. The normalized spacial score (nSPS) is 20.1. The number of hydrogen-bond donors (Lipinski definition) is 1. The number of nitrogens with zero attached hydrogens (tertiary/aromatic N) is 3. The summed E-state index contributed by atoms with van der Waals surface area (Å²) in [5.74, 6) is 1.45. The Kier molecular flexibility index (Phi) is 6.18. The molecule has 0 atom stereocenters. The number of guanidine groups is 1. The minimum absolute atomic E-state index is 0.241. The third-order valence-electron chi connectivity index (χ3n) is 4.25. The van der Waals surface area contributed by atoms with Crippen LogP contribution in [0, 0.1) is 5.82 Å². The van der Waals surface area contributed by atoms with Crippen LogP contribution >= 0.6 is 0 Å². The van der Waals surface area contributed by atoms with Gasteiger partial charge in [0.2, 0.25) is 5.96 Å². The Labute approximate surface area is 142 Å². The van der Waals surface area contributed by atoms with Crippen molar-refractivity contribution in [2.24, 2.45) is 9.98 Å². The van der Waals surface area contributed by atoms with E-state index in [0.29, 0.717) is 13.2 Å². The molecular weight excluding hydrogens is 307 g/mol. The van der Waals surface area contributed by atoms with Gasteiger partial charge in [-0.25, -0.2) is 4.39 Å². The van der Waals surface area contributed by atoms with Gasteiger partial charge in [-0.15, -0.1) is 0 Å². The highest BCUT2D eigenvalue weighted by atomic mass is 19.1. The van der Waals surface area contributed by atoms with Gasteiger partial charge in [0.05, 0.1) is 13.2 Å². The first-order valence-corrected chi connectivity index (χ1v) is 8.78. The number of hydrogen-bond acceptors (Lipinski definition) is 3. The summed E-state index contributed by atoms with van der Waals surface area (Å²) in [4.78, 5) is 11.6. The highest BCUT2D eigenvalue weighted by molar-refractivity contribution is 6.02. The smallest absolute Gasteiger partial charge is 0.205 e. The molecule has 0 radical (unpaired) electrons. The van der Waals surface area contributed by atoms with Crippen molar-refractivity contribution < 1.29 is 9.13 Å². The molecule has 2 heterocycles. The monoisotopic (exact) mass is 332 g/mol. The van der Waals surface area contributed by atoms with Crippen LogP contribution in [0.15, 0.2) is 34.3 Å². The number of morpholine rings is 1. The molecule has 0 aliphatic carbocycles. The van der Waals surface area contributed by atoms with E-state index in [-0.39, 0.29) is 5.82 Å². The number of benzene rings is 1. The van der Waals surface area contributed by atoms with Crippen LogP contribution in [0.2, 0.25) is 0 Å². The Balaban J connectivity index is 1.79. The molecule has 0 unspecified atom stereocenters. The predicted octanol–water partition coefficient (Wildman–Crippen LogP) is 3.29. The van der Waals surface area contributed by atoms with Gasteiger partial charge in [-0.3, -0.25) is 4.99 Å². The SMILES string of the molecule is Fc1ccc(NC(=NC2=NCCCCCC2)N2CCOCC2)cc1. The lowest BCUT2D eigenvalue weighted by Gasteiger charge is -2.30. The molecule has 5 nitrogen and oxygen atoms in total. The van der Waals surface area contributed by atoms with Crippen LogP contribution in [0.4, 0.5) is 10.1 Å². The second kappa shape index (κ2) is 8.78. The van der Waals surface area contributed by atoms with Crippen LogP contribution in [-0.4, -0.2) is 49.5 Å². The van der Waals surface area contributed by atoms with Gasteiger partial charge in [0, 0.05) is 31.7 Å². The van der Waals surface area contributed by atoms with E-state index in [0.717, 1.165) is 56.4 Å². The van der Waals surface area contributed by atoms with Crippen LogP contribution < -0.4 is 5.32 Å². The Bertz CT molecular complexity index is 579. The van der Waals surface area contributed by atoms with E-state index in [2.05, 4.69) is 15.2 Å². The molecule has 1 saturated heterocycles. The Hall–Kier alpha value is -1.95. The maximum Gasteiger partial charge on any atom is 0.205 e. The van der Waals surface area contributed by atoms with Crippen LogP contribution in [0.5, 0.6) is 0 Å². The molecule has 3 rings (SSSR count). The van der Waals surface area contributed by atoms with E-state index in [9.17, 15) is 4.39 Å². The maximum atomic E-state index is 13.1. The summed E-state index contributed by atoms with van der Waals surface area (Å²) in [5.41, 5.74) is 0.827. The average Bonchev–Trinajstić information content (AvgIpc) is 2.59. The summed E-state index contributed by atoms with van der Waals surface area (Å²) in [5, 5.41) is 3.33. The lowest BCUT2D eigenvalue weighted by molar-refractivity contribution is 0.0681. The first-order chi connectivity index (χ1) is 11.8. The molecule has 1 aromatic carbocycles. The standard InChI is InChI=1S/C18H25FN4O/c19-15-6-8-16(9-7-15)21-18(23-11-13-24-14-12-23)22-17-5-3-1-2-4-10-20-17/h6-9H,1-5,10-14H2,(H,20,21,22). The number of rotatable bonds is 1. The summed E-state index contributed by atoms with van der Waals surface area (Å²) in [7, 11) is 0. The average molecular weight is 332 g/mol. The van der Waals surface area contributed by atoms with Crippen molar-refractivity contribution in [3.8, 4) is 0 Å². The summed E-state index contributed by atoms with van der Waals surface area (Å²) in [6.07, 6.45) is 5.68. The second-order valence-electron chi connectivity index (χ2n) is 6.13. The third-order valence-corrected chi connectivity index (χ3v) is 4.25. The minimum atomic E-state index is -0.241. The van der Waals surface area contributed by atoms with E-state index in [1.807, 2.05) is 0 Å². The van der Waals surface area contributed by atoms with Gasteiger partial charge >= 0.3 is 0 Å². The molecular formula is C18H25FN4O. The molecule has 6 heteroatoms. The van der Waals surface area contributed by atoms with Crippen molar-refractivity contribution in [3.05, 3.63) is 30.1 Å². The number of anilines is 1. The summed E-state index contributed by atoms with van der Waals surface area (Å²) < 4.78 is 18.6. The van der Waals surface area contributed by atoms with E-state index in [4.69, 9.17) is 9.73 Å². The van der Waals surface area contributed by atoms with Crippen molar-refractivity contribution in [1.82, 2.24) is 4.90 Å². The Morgan fingerprint density at radius 3 is 2.62 bits per heavy atom. The molecule has 2 aliphatic rings. The van der Waals surface area contributed by atoms with E-state index >= 15 is 0 Å². The van der Waals surface area contributed by atoms with Crippen molar-refractivity contribution in [2.75, 3.05) is 38.2 Å². The lowest BCUT2D eigenvalue weighted by Crippen LogP contribution is -2.44. The number of halogens is 1. The fourth-order valence-electron chi connectivity index (χ4n) is 2.86. The number of ether oxygens (including phenoxy) is 1. The quantitative estimate of drug-likeness (QED) is 0.634. The van der Waals surface area contributed by atoms with E-state index in [1.165, 1.54) is 25.0 Å². The fraction of sp³-hybridized carbons (Fsp3) is 0.556. The van der Waals surface area contributed by atoms with Gasteiger partial charge in [0.15, 0.2) is 0 Å². The topological polar surface area (TPSA) is 49.2 Å². The third kappa shape index (κ3) is 5.03. The zero-order valence-electron chi connectivity index (χ0n) is 14.0. The Morgan fingerprint density at radius 2 is 1.83 bits per heavy atom. The van der Waals surface area contributed by atoms with Gasteiger partial charge in [0.25, 0.3) is 0 Å². The lowest BCUT2D eigenvalue weighted by atomic mass is 10.1. The highest BCUT2D eigenvalue weighted by Gasteiger charge is 2.17. The van der Waals surface area contributed by atoms with Gasteiger partial charge < -0.3 is 15.0 Å². The molecule has 0 saturated carbocycles. The Morgan fingerprint density at radius 1 is 1.08 bits per heavy atom. The zero-order chi connectivity index (χ0) is 16.6. The van der Waals surface area contributed by atoms with Gasteiger partial charge in [-0.2, -0.15) is 4.99 Å². The summed E-state index contributed by atoms with van der Waals surface area (Å²) >= 11 is 0. The van der Waals surface area contributed by atoms with Gasteiger partial charge in [-0.1, -0.05) is 12.8 Å². The van der Waals surface area contributed by atoms with E-state index < -0.39 is 0 Å². The van der Waals surface area contributed by atoms with Crippen molar-refractivity contribution in [1.29, 1.82) is 0 Å². The molecule has 130 valence electrons. The molecule has 0 bridgehead atoms. The molecule has 2 aliphatic heterocycles. The molecule has 1 fully saturated rings. The first-order valence-electron chi connectivity index (χ1n) is 8.78. The first kappa shape index (κ1) is 16.9. The number of nitrogens with one attached hydrogen (secondary N) is 1. The number of aliphatic imine (C=N–C) groups is 2. The molecule has 24 heavy (non-hydrogen) atoms. The van der Waals surface area contributed by atoms with Crippen LogP contribution in [-0.2, 0) is 4.74 Å². The van der Waals surface area contributed by atoms with Crippen molar-refractivity contribution in [2.45, 2.75) is 32.1 Å². The minimum Gasteiger partial charge on any atom is -0.378 e. The molecule has 1 N–H and O–H groups in total. The largest absolute Gasteiger partial charge is 0.378 e. The molecule has 0 spiro atoms. The predicted molar refractivity (Wildman–Crippen MR) is 95.2 cm³/mol. The fourth-order valence-corrected chi connectivity index (χ4v) is 2.86. The summed E-state index contributed by atoms with van der Waals surface area (Å²) in [6, 6.07) is 6.36. The molecule has 0 aromatic heterocycles. The van der Waals surface area contributed by atoms with Crippen molar-refractivity contribution in [3.63, 3.8) is 0 Å².